The minimum atomic E-state index is -0.288. The van der Waals surface area contributed by atoms with Crippen molar-refractivity contribution in [2.75, 3.05) is 13.7 Å². The van der Waals surface area contributed by atoms with Crippen molar-refractivity contribution < 1.29 is 9.84 Å². The van der Waals surface area contributed by atoms with Gasteiger partial charge in [0.2, 0.25) is 0 Å². The van der Waals surface area contributed by atoms with E-state index in [2.05, 4.69) is 32.7 Å². The van der Waals surface area contributed by atoms with Crippen LogP contribution in [-0.4, -0.2) is 47.4 Å². The molecular weight excluding hydrogens is 178 g/mol. The second-order valence-corrected chi connectivity index (χ2v) is 5.08. The molecule has 0 bridgehead atoms. The van der Waals surface area contributed by atoms with Crippen LogP contribution in [0.4, 0.5) is 0 Å². The van der Waals surface area contributed by atoms with Gasteiger partial charge in [-0.1, -0.05) is 0 Å². The van der Waals surface area contributed by atoms with E-state index in [4.69, 9.17) is 4.74 Å². The first-order valence-electron chi connectivity index (χ1n) is 5.37. The molecule has 1 saturated heterocycles. The molecule has 0 aromatic rings. The molecule has 3 atom stereocenters. The first-order chi connectivity index (χ1) is 6.33. The molecule has 1 rings (SSSR count). The van der Waals surface area contributed by atoms with Gasteiger partial charge in [0.25, 0.3) is 0 Å². The number of likely N-dealkylation sites (N-methyl/N-ethyl adjacent to an activating group) is 1. The van der Waals surface area contributed by atoms with Crippen LogP contribution in [0, 0.1) is 0 Å². The fourth-order valence-corrected chi connectivity index (χ4v) is 1.94. The SMILES string of the molecule is CC(O)C(C)N(C)C1COC(C)(C)C1. The lowest BCUT2D eigenvalue weighted by Gasteiger charge is -2.31. The first-order valence-corrected chi connectivity index (χ1v) is 5.37. The summed E-state index contributed by atoms with van der Waals surface area (Å²) >= 11 is 0. The Bertz CT molecular complexity index is 192. The van der Waals surface area contributed by atoms with Crippen molar-refractivity contribution in [2.24, 2.45) is 0 Å². The number of hydrogen-bond acceptors (Lipinski definition) is 3. The van der Waals surface area contributed by atoms with Crippen molar-refractivity contribution in [3.05, 3.63) is 0 Å². The lowest BCUT2D eigenvalue weighted by Crippen LogP contribution is -2.44. The molecule has 1 N–H and O–H groups in total. The van der Waals surface area contributed by atoms with E-state index in [0.717, 1.165) is 13.0 Å². The van der Waals surface area contributed by atoms with E-state index in [-0.39, 0.29) is 17.7 Å². The molecule has 0 aliphatic carbocycles. The summed E-state index contributed by atoms with van der Waals surface area (Å²) in [6.07, 6.45) is 0.754. The second-order valence-electron chi connectivity index (χ2n) is 5.08. The van der Waals surface area contributed by atoms with Crippen molar-refractivity contribution in [1.82, 2.24) is 4.90 Å². The molecule has 0 radical (unpaired) electrons. The summed E-state index contributed by atoms with van der Waals surface area (Å²) in [4.78, 5) is 2.22. The van der Waals surface area contributed by atoms with Crippen molar-refractivity contribution in [3.8, 4) is 0 Å². The van der Waals surface area contributed by atoms with Crippen LogP contribution in [0.5, 0.6) is 0 Å². The lowest BCUT2D eigenvalue weighted by molar-refractivity contribution is 0.0271. The number of aliphatic hydroxyl groups excluding tert-OH is 1. The average molecular weight is 201 g/mol. The van der Waals surface area contributed by atoms with E-state index < -0.39 is 0 Å². The van der Waals surface area contributed by atoms with Gasteiger partial charge in [0.05, 0.1) is 18.3 Å². The van der Waals surface area contributed by atoms with E-state index in [0.29, 0.717) is 6.04 Å². The molecule has 0 aromatic carbocycles. The summed E-state index contributed by atoms with van der Waals surface area (Å²) in [7, 11) is 2.06. The Kier molecular flexibility index (Phi) is 3.56. The molecule has 0 aromatic heterocycles. The van der Waals surface area contributed by atoms with Crippen LogP contribution in [0.1, 0.15) is 34.1 Å². The summed E-state index contributed by atoms with van der Waals surface area (Å²) in [5.41, 5.74) is -0.00264. The minimum absolute atomic E-state index is 0.00264. The molecule has 0 spiro atoms. The Balaban J connectivity index is 2.51. The second kappa shape index (κ2) is 4.17. The molecule has 3 unspecified atom stereocenters. The Morgan fingerprint density at radius 1 is 1.43 bits per heavy atom. The van der Waals surface area contributed by atoms with Crippen molar-refractivity contribution in [3.63, 3.8) is 0 Å². The quantitative estimate of drug-likeness (QED) is 0.746. The molecule has 3 heteroatoms. The van der Waals surface area contributed by atoms with Crippen LogP contribution in [-0.2, 0) is 4.74 Å². The molecule has 84 valence electrons. The first kappa shape index (κ1) is 12.0. The number of nitrogens with zero attached hydrogens (tertiary/aromatic N) is 1. The van der Waals surface area contributed by atoms with E-state index in [1.54, 1.807) is 0 Å². The highest BCUT2D eigenvalue weighted by atomic mass is 16.5. The third-order valence-electron chi connectivity index (χ3n) is 3.31. The maximum Gasteiger partial charge on any atom is 0.0664 e. The third-order valence-corrected chi connectivity index (χ3v) is 3.31. The van der Waals surface area contributed by atoms with Crippen molar-refractivity contribution >= 4 is 0 Å². The normalized spacial score (nSPS) is 30.6. The Morgan fingerprint density at radius 2 is 2.00 bits per heavy atom. The Hall–Kier alpha value is -0.120. The van der Waals surface area contributed by atoms with Gasteiger partial charge < -0.3 is 9.84 Å². The van der Waals surface area contributed by atoms with Gasteiger partial charge in [0, 0.05) is 12.1 Å². The van der Waals surface area contributed by atoms with Gasteiger partial charge in [-0.05, 0) is 41.2 Å². The largest absolute Gasteiger partial charge is 0.392 e. The highest BCUT2D eigenvalue weighted by molar-refractivity contribution is 4.88. The number of hydrogen-bond donors (Lipinski definition) is 1. The average Bonchev–Trinajstić information content (AvgIpc) is 2.43. The molecule has 1 aliphatic rings. The summed E-state index contributed by atoms with van der Waals surface area (Å²) in [6, 6.07) is 0.632. The highest BCUT2D eigenvalue weighted by Gasteiger charge is 2.36. The van der Waals surface area contributed by atoms with Crippen LogP contribution in [0.15, 0.2) is 0 Å². The molecule has 1 heterocycles. The van der Waals surface area contributed by atoms with Crippen LogP contribution >= 0.6 is 0 Å². The molecule has 0 saturated carbocycles. The number of ether oxygens (including phenoxy) is 1. The fourth-order valence-electron chi connectivity index (χ4n) is 1.94. The third kappa shape index (κ3) is 2.69. The molecule has 0 amide bonds. The zero-order chi connectivity index (χ0) is 10.9. The van der Waals surface area contributed by atoms with Gasteiger partial charge in [-0.25, -0.2) is 0 Å². The molecule has 3 nitrogen and oxygen atoms in total. The maximum atomic E-state index is 9.50. The molecule has 1 fully saturated rings. The van der Waals surface area contributed by atoms with Gasteiger partial charge in [-0.2, -0.15) is 0 Å². The molecule has 14 heavy (non-hydrogen) atoms. The zero-order valence-electron chi connectivity index (χ0n) is 9.95. The Labute approximate surface area is 87.1 Å². The standard InChI is InChI=1S/C11H23NO2/c1-8(9(2)13)12(5)10-6-11(3,4)14-7-10/h8-10,13H,6-7H2,1-5H3. The van der Waals surface area contributed by atoms with Crippen molar-refractivity contribution in [1.29, 1.82) is 0 Å². The van der Waals surface area contributed by atoms with Gasteiger partial charge >= 0.3 is 0 Å². The van der Waals surface area contributed by atoms with E-state index in [1.807, 2.05) is 6.92 Å². The van der Waals surface area contributed by atoms with Crippen LogP contribution in [0.2, 0.25) is 0 Å². The van der Waals surface area contributed by atoms with E-state index in [1.165, 1.54) is 0 Å². The summed E-state index contributed by atoms with van der Waals surface area (Å²) in [6.45, 7) is 8.90. The Morgan fingerprint density at radius 3 is 2.36 bits per heavy atom. The number of aliphatic hydroxyl groups is 1. The lowest BCUT2D eigenvalue weighted by atomic mass is 10.0. The summed E-state index contributed by atoms with van der Waals surface area (Å²) < 4.78 is 5.68. The van der Waals surface area contributed by atoms with E-state index >= 15 is 0 Å². The fraction of sp³-hybridized carbons (Fsp3) is 1.00. The topological polar surface area (TPSA) is 32.7 Å². The highest BCUT2D eigenvalue weighted by Crippen LogP contribution is 2.28. The van der Waals surface area contributed by atoms with E-state index in [9.17, 15) is 5.11 Å². The predicted octanol–water partition coefficient (Wildman–Crippen LogP) is 1.25. The molecular formula is C11H23NO2. The van der Waals surface area contributed by atoms with Gasteiger partial charge in [0.1, 0.15) is 0 Å². The van der Waals surface area contributed by atoms with Gasteiger partial charge in [-0.3, -0.25) is 4.90 Å². The van der Waals surface area contributed by atoms with Crippen LogP contribution in [0.3, 0.4) is 0 Å². The maximum absolute atomic E-state index is 9.50. The monoisotopic (exact) mass is 201 g/mol. The smallest absolute Gasteiger partial charge is 0.0664 e. The van der Waals surface area contributed by atoms with Crippen LogP contribution < -0.4 is 0 Å². The van der Waals surface area contributed by atoms with Crippen molar-refractivity contribution in [2.45, 2.75) is 57.9 Å². The summed E-state index contributed by atoms with van der Waals surface area (Å²) in [5.74, 6) is 0. The van der Waals surface area contributed by atoms with Crippen LogP contribution in [0.25, 0.3) is 0 Å². The van der Waals surface area contributed by atoms with Gasteiger partial charge in [-0.15, -0.1) is 0 Å². The predicted molar refractivity (Wildman–Crippen MR) is 57.3 cm³/mol. The number of rotatable bonds is 3. The van der Waals surface area contributed by atoms with Gasteiger partial charge in [0.15, 0.2) is 0 Å². The molecule has 1 aliphatic heterocycles. The summed E-state index contributed by atoms with van der Waals surface area (Å²) in [5, 5.41) is 9.50. The zero-order valence-corrected chi connectivity index (χ0v) is 9.95. The minimum Gasteiger partial charge on any atom is -0.392 e.